The number of amides is 1. The van der Waals surface area contributed by atoms with E-state index in [4.69, 9.17) is 11.0 Å². The smallest absolute Gasteiger partial charge is 0.234 e. The van der Waals surface area contributed by atoms with Gasteiger partial charge in [-0.3, -0.25) is 14.7 Å². The number of nitriles is 2. The van der Waals surface area contributed by atoms with Gasteiger partial charge in [0.25, 0.3) is 0 Å². The molecule has 27 heavy (non-hydrogen) atoms. The molecule has 1 amide bonds. The molecule has 1 aromatic heterocycles. The summed E-state index contributed by atoms with van der Waals surface area (Å²) in [7, 11) is 0. The number of primary amides is 1. The second-order valence-corrected chi connectivity index (χ2v) is 6.75. The van der Waals surface area contributed by atoms with E-state index in [9.17, 15) is 10.1 Å². The summed E-state index contributed by atoms with van der Waals surface area (Å²) in [6.45, 7) is 0.707. The average molecular weight is 359 g/mol. The molecule has 2 aromatic rings. The number of nitrogens with two attached hydrogens (primary N) is 1. The van der Waals surface area contributed by atoms with Crippen molar-refractivity contribution in [1.82, 2.24) is 9.88 Å². The maximum atomic E-state index is 11.7. The topological polar surface area (TPSA) is 107 Å². The number of hydrogen-bond donors (Lipinski definition) is 1. The molecule has 1 aromatic carbocycles. The first-order chi connectivity index (χ1) is 13.1. The number of benzene rings is 1. The fourth-order valence-electron chi connectivity index (χ4n) is 3.56. The highest BCUT2D eigenvalue weighted by molar-refractivity contribution is 5.80. The van der Waals surface area contributed by atoms with Crippen molar-refractivity contribution in [2.75, 3.05) is 6.54 Å². The van der Waals surface area contributed by atoms with E-state index in [1.165, 1.54) is 0 Å². The Balaban J connectivity index is 1.75. The van der Waals surface area contributed by atoms with Gasteiger partial charge in [0, 0.05) is 24.7 Å². The molecule has 6 nitrogen and oxygen atoms in total. The normalized spacial score (nSPS) is 18.2. The van der Waals surface area contributed by atoms with E-state index < -0.39 is 6.04 Å². The molecule has 2 N–H and O–H groups in total. The van der Waals surface area contributed by atoms with Crippen LogP contribution in [-0.4, -0.2) is 34.4 Å². The van der Waals surface area contributed by atoms with Crippen molar-refractivity contribution >= 4 is 5.91 Å². The van der Waals surface area contributed by atoms with Gasteiger partial charge in [0.2, 0.25) is 5.91 Å². The van der Waals surface area contributed by atoms with Gasteiger partial charge < -0.3 is 5.73 Å². The van der Waals surface area contributed by atoms with E-state index in [-0.39, 0.29) is 11.9 Å². The van der Waals surface area contributed by atoms with Crippen LogP contribution in [0.2, 0.25) is 0 Å². The highest BCUT2D eigenvalue weighted by atomic mass is 16.1. The van der Waals surface area contributed by atoms with Crippen LogP contribution in [0.5, 0.6) is 0 Å². The summed E-state index contributed by atoms with van der Waals surface area (Å²) in [5.41, 5.74) is 8.69. The Bertz CT molecular complexity index is 894. The van der Waals surface area contributed by atoms with Crippen LogP contribution in [0.1, 0.15) is 30.4 Å². The molecule has 1 saturated heterocycles. The van der Waals surface area contributed by atoms with Crippen molar-refractivity contribution in [2.45, 2.75) is 37.8 Å². The Morgan fingerprint density at radius 3 is 2.81 bits per heavy atom. The van der Waals surface area contributed by atoms with Crippen molar-refractivity contribution in [3.05, 3.63) is 53.7 Å². The molecule has 2 heterocycles. The van der Waals surface area contributed by atoms with Gasteiger partial charge in [-0.25, -0.2) is 0 Å². The minimum Gasteiger partial charge on any atom is -0.368 e. The van der Waals surface area contributed by atoms with Gasteiger partial charge >= 0.3 is 0 Å². The first kappa shape index (κ1) is 18.6. The van der Waals surface area contributed by atoms with Crippen molar-refractivity contribution in [1.29, 1.82) is 10.5 Å². The summed E-state index contributed by atoms with van der Waals surface area (Å²) in [5, 5.41) is 18.7. The lowest BCUT2D eigenvalue weighted by atomic mass is 9.97. The van der Waals surface area contributed by atoms with E-state index in [2.05, 4.69) is 17.1 Å². The largest absolute Gasteiger partial charge is 0.368 e. The van der Waals surface area contributed by atoms with Gasteiger partial charge in [0.1, 0.15) is 6.04 Å². The van der Waals surface area contributed by atoms with Crippen LogP contribution in [0.4, 0.5) is 0 Å². The van der Waals surface area contributed by atoms with E-state index >= 15 is 0 Å². The molecule has 0 bridgehead atoms. The summed E-state index contributed by atoms with van der Waals surface area (Å²) < 4.78 is 0. The summed E-state index contributed by atoms with van der Waals surface area (Å²) in [6.07, 6.45) is 4.88. The quantitative estimate of drug-likeness (QED) is 0.882. The maximum Gasteiger partial charge on any atom is 0.234 e. The Morgan fingerprint density at radius 2 is 2.15 bits per heavy atom. The molecule has 2 atom stereocenters. The van der Waals surface area contributed by atoms with Crippen LogP contribution in [0.3, 0.4) is 0 Å². The number of carbonyl (C=O) groups is 1. The second kappa shape index (κ2) is 8.44. The minimum absolute atomic E-state index is 0.360. The number of rotatable bonds is 5. The Labute approximate surface area is 158 Å². The molecule has 1 aliphatic rings. The summed E-state index contributed by atoms with van der Waals surface area (Å²) in [5.74, 6) is -0.360. The number of hydrogen-bond acceptors (Lipinski definition) is 5. The minimum atomic E-state index is -0.405. The van der Waals surface area contributed by atoms with E-state index in [1.807, 2.05) is 29.2 Å². The lowest BCUT2D eigenvalue weighted by molar-refractivity contribution is -0.125. The zero-order chi connectivity index (χ0) is 19.2. The third-order valence-corrected chi connectivity index (χ3v) is 4.96. The first-order valence-corrected chi connectivity index (χ1v) is 9.02. The SMILES string of the molecule is N#Cc1cccc(-c2ccc(C[C@@H](C#N)N3CCCCC3C(N)=O)cn2)c1. The second-order valence-electron chi connectivity index (χ2n) is 6.75. The molecular weight excluding hydrogens is 338 g/mol. The number of nitrogens with zero attached hydrogens (tertiary/aromatic N) is 4. The molecule has 1 unspecified atom stereocenters. The Morgan fingerprint density at radius 1 is 1.30 bits per heavy atom. The van der Waals surface area contributed by atoms with E-state index in [0.717, 1.165) is 29.7 Å². The van der Waals surface area contributed by atoms with Crippen molar-refractivity contribution < 1.29 is 4.79 Å². The number of pyridine rings is 1. The number of aromatic nitrogens is 1. The van der Waals surface area contributed by atoms with Crippen molar-refractivity contribution in [3.63, 3.8) is 0 Å². The summed E-state index contributed by atoms with van der Waals surface area (Å²) >= 11 is 0. The van der Waals surface area contributed by atoms with Crippen LogP contribution in [0.15, 0.2) is 42.6 Å². The molecule has 6 heteroatoms. The molecular formula is C21H21N5O. The van der Waals surface area contributed by atoms with Crippen molar-refractivity contribution in [2.24, 2.45) is 5.73 Å². The molecule has 3 rings (SSSR count). The Hall–Kier alpha value is -3.22. The number of piperidine rings is 1. The molecule has 0 radical (unpaired) electrons. The molecule has 1 aliphatic heterocycles. The fourth-order valence-corrected chi connectivity index (χ4v) is 3.56. The van der Waals surface area contributed by atoms with Gasteiger partial charge in [-0.15, -0.1) is 0 Å². The van der Waals surface area contributed by atoms with E-state index in [0.29, 0.717) is 24.9 Å². The first-order valence-electron chi connectivity index (χ1n) is 9.02. The summed E-state index contributed by atoms with van der Waals surface area (Å²) in [6, 6.07) is 14.8. The molecule has 0 spiro atoms. The van der Waals surface area contributed by atoms with Crippen molar-refractivity contribution in [3.8, 4) is 23.4 Å². The highest BCUT2D eigenvalue weighted by Crippen LogP contribution is 2.23. The van der Waals surface area contributed by atoms with Gasteiger partial charge in [0.15, 0.2) is 0 Å². The average Bonchev–Trinajstić information content (AvgIpc) is 2.72. The molecule has 136 valence electrons. The standard InChI is InChI=1S/C21H21N5O/c22-12-15-4-3-5-17(10-15)19-8-7-16(14-25-19)11-18(13-23)26-9-2-1-6-20(26)21(24)27/h3-5,7-8,10,14,18,20H,1-2,6,9,11H2,(H2,24,27)/t18-,20?/m0/s1. The van der Waals surface area contributed by atoms with Crippen LogP contribution < -0.4 is 5.73 Å². The van der Waals surface area contributed by atoms with Gasteiger partial charge in [-0.05, 0) is 36.6 Å². The lowest BCUT2D eigenvalue weighted by Gasteiger charge is -2.36. The molecule has 1 fully saturated rings. The van der Waals surface area contributed by atoms with Crippen LogP contribution >= 0.6 is 0 Å². The monoisotopic (exact) mass is 359 g/mol. The van der Waals surface area contributed by atoms with Crippen LogP contribution in [0.25, 0.3) is 11.3 Å². The maximum absolute atomic E-state index is 11.7. The summed E-state index contributed by atoms with van der Waals surface area (Å²) in [4.78, 5) is 18.1. The predicted octanol–water partition coefficient (Wildman–Crippen LogP) is 2.39. The van der Waals surface area contributed by atoms with Gasteiger partial charge in [0.05, 0.1) is 29.4 Å². The van der Waals surface area contributed by atoms with Gasteiger partial charge in [-0.1, -0.05) is 24.6 Å². The third-order valence-electron chi connectivity index (χ3n) is 4.96. The van der Waals surface area contributed by atoms with Crippen LogP contribution in [0, 0.1) is 22.7 Å². The molecule has 0 saturated carbocycles. The number of carbonyl (C=O) groups excluding carboxylic acids is 1. The highest BCUT2D eigenvalue weighted by Gasteiger charge is 2.32. The third kappa shape index (κ3) is 4.31. The lowest BCUT2D eigenvalue weighted by Crippen LogP contribution is -2.52. The van der Waals surface area contributed by atoms with Crippen LogP contribution in [-0.2, 0) is 11.2 Å². The predicted molar refractivity (Wildman–Crippen MR) is 101 cm³/mol. The fraction of sp³-hybridized carbons (Fsp3) is 0.333. The number of likely N-dealkylation sites (tertiary alicyclic amines) is 1. The van der Waals surface area contributed by atoms with Gasteiger partial charge in [-0.2, -0.15) is 10.5 Å². The van der Waals surface area contributed by atoms with E-state index in [1.54, 1.807) is 18.3 Å². The zero-order valence-electron chi connectivity index (χ0n) is 15.0. The molecule has 0 aliphatic carbocycles. The Kier molecular flexibility index (Phi) is 5.80. The zero-order valence-corrected chi connectivity index (χ0v) is 15.0.